The molecule has 2 aliphatic rings. The minimum Gasteiger partial charge on any atom is -0.466 e. The van der Waals surface area contributed by atoms with Crippen LogP contribution >= 0.6 is 0 Å². The summed E-state index contributed by atoms with van der Waals surface area (Å²) >= 11 is 0. The molecule has 8 nitrogen and oxygen atoms in total. The second-order valence-electron chi connectivity index (χ2n) is 8.06. The van der Waals surface area contributed by atoms with E-state index in [1.165, 1.54) is 12.8 Å². The van der Waals surface area contributed by atoms with Crippen molar-refractivity contribution in [3.8, 4) is 0 Å². The lowest BCUT2D eigenvalue weighted by Crippen LogP contribution is -2.42. The summed E-state index contributed by atoms with van der Waals surface area (Å²) in [5.74, 6) is 0.306. The molecule has 3 heterocycles. The van der Waals surface area contributed by atoms with Gasteiger partial charge in [0.2, 0.25) is 5.91 Å². The van der Waals surface area contributed by atoms with E-state index in [-0.39, 0.29) is 6.54 Å². The van der Waals surface area contributed by atoms with Gasteiger partial charge in [-0.3, -0.25) is 14.5 Å². The van der Waals surface area contributed by atoms with Crippen molar-refractivity contribution in [2.75, 3.05) is 29.9 Å². The van der Waals surface area contributed by atoms with Gasteiger partial charge in [0.15, 0.2) is 0 Å². The van der Waals surface area contributed by atoms with Gasteiger partial charge in [-0.15, -0.1) is 0 Å². The molecule has 8 heteroatoms. The molecule has 1 aromatic carbocycles. The zero-order chi connectivity index (χ0) is 21.5. The van der Waals surface area contributed by atoms with Gasteiger partial charge in [0.05, 0.1) is 0 Å². The highest BCUT2D eigenvalue weighted by molar-refractivity contribution is 6.10. The molecule has 4 rings (SSSR count). The average molecular weight is 410 g/mol. The van der Waals surface area contributed by atoms with Gasteiger partial charge < -0.3 is 20.0 Å². The Morgan fingerprint density at radius 1 is 1.17 bits per heavy atom. The van der Waals surface area contributed by atoms with Crippen molar-refractivity contribution < 1.29 is 18.8 Å². The van der Waals surface area contributed by atoms with Crippen LogP contribution in [0.2, 0.25) is 0 Å². The first-order valence-corrected chi connectivity index (χ1v) is 10.1. The molecule has 2 aromatic rings. The van der Waals surface area contributed by atoms with Gasteiger partial charge in [-0.2, -0.15) is 0 Å². The summed E-state index contributed by atoms with van der Waals surface area (Å²) in [6.07, 6.45) is 2.39. The number of rotatable bonds is 5. The molecule has 0 spiro atoms. The number of nitrogens with one attached hydrogen (secondary N) is 2. The fraction of sp³-hybridized carbons (Fsp3) is 0.409. The number of furan rings is 1. The zero-order valence-corrected chi connectivity index (χ0v) is 17.4. The van der Waals surface area contributed by atoms with Crippen LogP contribution in [0.3, 0.4) is 0 Å². The van der Waals surface area contributed by atoms with Crippen molar-refractivity contribution in [1.29, 1.82) is 0 Å². The summed E-state index contributed by atoms with van der Waals surface area (Å²) in [5, 5.41) is 5.46. The van der Waals surface area contributed by atoms with Gasteiger partial charge >= 0.3 is 6.03 Å². The van der Waals surface area contributed by atoms with Crippen LogP contribution in [0.15, 0.2) is 34.7 Å². The lowest BCUT2D eigenvalue weighted by atomic mass is 9.92. The third-order valence-electron chi connectivity index (χ3n) is 5.78. The van der Waals surface area contributed by atoms with E-state index in [2.05, 4.69) is 15.5 Å². The number of carbonyl (C=O) groups excluding carboxylic acids is 3. The molecule has 0 radical (unpaired) electrons. The lowest BCUT2D eigenvalue weighted by molar-refractivity contribution is -0.133. The Morgan fingerprint density at radius 3 is 2.43 bits per heavy atom. The molecule has 2 saturated heterocycles. The first-order valence-electron chi connectivity index (χ1n) is 10.1. The second kappa shape index (κ2) is 7.51. The largest absolute Gasteiger partial charge is 0.466 e. The van der Waals surface area contributed by atoms with Crippen molar-refractivity contribution in [1.82, 2.24) is 10.2 Å². The van der Waals surface area contributed by atoms with Crippen LogP contribution < -0.4 is 15.5 Å². The smallest absolute Gasteiger partial charge is 0.325 e. The van der Waals surface area contributed by atoms with Crippen molar-refractivity contribution in [2.45, 2.75) is 39.2 Å². The van der Waals surface area contributed by atoms with E-state index < -0.39 is 23.4 Å². The zero-order valence-electron chi connectivity index (χ0n) is 17.4. The number of nitrogens with zero attached hydrogens (tertiary/aromatic N) is 2. The van der Waals surface area contributed by atoms with Gasteiger partial charge in [0.25, 0.3) is 5.91 Å². The van der Waals surface area contributed by atoms with Gasteiger partial charge in [-0.1, -0.05) is 0 Å². The molecule has 1 atom stereocenters. The third-order valence-corrected chi connectivity index (χ3v) is 5.78. The summed E-state index contributed by atoms with van der Waals surface area (Å²) in [6, 6.07) is 8.74. The first kappa shape index (κ1) is 20.0. The minimum absolute atomic E-state index is 0.357. The fourth-order valence-corrected chi connectivity index (χ4v) is 4.23. The molecule has 0 saturated carbocycles. The Morgan fingerprint density at radius 2 is 1.83 bits per heavy atom. The summed E-state index contributed by atoms with van der Waals surface area (Å²) < 4.78 is 5.51. The van der Waals surface area contributed by atoms with Gasteiger partial charge in [0.1, 0.15) is 23.6 Å². The molecule has 4 amide bonds. The third kappa shape index (κ3) is 3.53. The van der Waals surface area contributed by atoms with E-state index in [4.69, 9.17) is 4.42 Å². The Kier molecular flexibility index (Phi) is 5.01. The highest BCUT2D eigenvalue weighted by atomic mass is 16.3. The Labute approximate surface area is 175 Å². The molecule has 1 unspecified atom stereocenters. The van der Waals surface area contributed by atoms with Gasteiger partial charge in [-0.05, 0) is 63.9 Å². The fourth-order valence-electron chi connectivity index (χ4n) is 4.23. The highest BCUT2D eigenvalue weighted by Gasteiger charge is 2.51. The SMILES string of the molecule is Cc1cc(C2(C)NC(=O)N(CC(=O)Nc3ccc(N4CCCC4)cc3)C2=O)c(C)o1. The molecule has 1 aromatic heterocycles. The summed E-state index contributed by atoms with van der Waals surface area (Å²) in [6.45, 7) is 6.89. The number of aryl methyl sites for hydroxylation is 2. The van der Waals surface area contributed by atoms with Crippen molar-refractivity contribution in [3.63, 3.8) is 0 Å². The molecular weight excluding hydrogens is 384 g/mol. The van der Waals surface area contributed by atoms with E-state index in [1.807, 2.05) is 24.3 Å². The lowest BCUT2D eigenvalue weighted by Gasteiger charge is -2.21. The molecule has 2 aliphatic heterocycles. The van der Waals surface area contributed by atoms with Gasteiger partial charge in [-0.25, -0.2) is 4.79 Å². The van der Waals surface area contributed by atoms with E-state index in [1.54, 1.807) is 26.8 Å². The van der Waals surface area contributed by atoms with Crippen LogP contribution in [0.1, 0.15) is 36.8 Å². The minimum atomic E-state index is -1.25. The van der Waals surface area contributed by atoms with Crippen LogP contribution in [-0.4, -0.2) is 42.4 Å². The van der Waals surface area contributed by atoms with E-state index >= 15 is 0 Å². The molecule has 2 N–H and O–H groups in total. The van der Waals surface area contributed by atoms with Crippen LogP contribution in [-0.2, 0) is 15.1 Å². The Balaban J connectivity index is 1.42. The molecule has 0 aliphatic carbocycles. The molecule has 158 valence electrons. The standard InChI is InChI=1S/C22H26N4O4/c1-14-12-18(15(2)30-14)22(3)20(28)26(21(29)24-22)13-19(27)23-16-6-8-17(9-7-16)25-10-4-5-11-25/h6-9,12H,4-5,10-11,13H2,1-3H3,(H,23,27)(H,24,29). The number of benzene rings is 1. The second-order valence-corrected chi connectivity index (χ2v) is 8.06. The number of anilines is 2. The number of carbonyl (C=O) groups is 3. The summed E-state index contributed by atoms with van der Waals surface area (Å²) in [5.41, 5.74) is 1.09. The van der Waals surface area contributed by atoms with E-state index in [0.29, 0.717) is 22.8 Å². The van der Waals surface area contributed by atoms with Crippen LogP contribution in [0, 0.1) is 13.8 Å². The first-order chi connectivity index (χ1) is 14.3. The molecule has 30 heavy (non-hydrogen) atoms. The van der Waals surface area contributed by atoms with Crippen molar-refractivity contribution >= 4 is 29.2 Å². The van der Waals surface area contributed by atoms with Crippen LogP contribution in [0.25, 0.3) is 0 Å². The maximum Gasteiger partial charge on any atom is 0.325 e. The Hall–Kier alpha value is -3.29. The normalized spacial score (nSPS) is 21.3. The number of hydrogen-bond acceptors (Lipinski definition) is 5. The molecule has 2 fully saturated rings. The number of amides is 4. The Bertz CT molecular complexity index is 991. The van der Waals surface area contributed by atoms with Gasteiger partial charge in [0, 0.05) is 30.0 Å². The topological polar surface area (TPSA) is 94.9 Å². The highest BCUT2D eigenvalue weighted by Crippen LogP contribution is 2.32. The van der Waals surface area contributed by atoms with Crippen LogP contribution in [0.5, 0.6) is 0 Å². The van der Waals surface area contributed by atoms with Crippen molar-refractivity contribution in [3.05, 3.63) is 47.4 Å². The number of urea groups is 1. The quantitative estimate of drug-likeness (QED) is 0.739. The average Bonchev–Trinajstić information content (AvgIpc) is 3.39. The molecular formula is C22H26N4O4. The summed E-state index contributed by atoms with van der Waals surface area (Å²) in [7, 11) is 0. The number of hydrogen-bond donors (Lipinski definition) is 2. The summed E-state index contributed by atoms with van der Waals surface area (Å²) in [4.78, 5) is 41.2. The van der Waals surface area contributed by atoms with Crippen molar-refractivity contribution in [2.24, 2.45) is 0 Å². The predicted molar refractivity (Wildman–Crippen MR) is 112 cm³/mol. The monoisotopic (exact) mass is 410 g/mol. The molecule has 0 bridgehead atoms. The van der Waals surface area contributed by atoms with E-state index in [0.717, 1.165) is 23.7 Å². The predicted octanol–water partition coefficient (Wildman–Crippen LogP) is 2.90. The number of imide groups is 1. The van der Waals surface area contributed by atoms with E-state index in [9.17, 15) is 14.4 Å². The maximum atomic E-state index is 13.0. The maximum absolute atomic E-state index is 13.0. The van der Waals surface area contributed by atoms with Crippen LogP contribution in [0.4, 0.5) is 16.2 Å².